The fourth-order valence-corrected chi connectivity index (χ4v) is 5.79. The number of amides is 2. The van der Waals surface area contributed by atoms with Crippen molar-refractivity contribution in [2.45, 2.75) is 58.1 Å². The second kappa shape index (κ2) is 11.6. The van der Waals surface area contributed by atoms with Gasteiger partial charge in [0.25, 0.3) is 5.91 Å². The lowest BCUT2D eigenvalue weighted by atomic mass is 9.93. The number of aryl methyl sites for hydroxylation is 1. The van der Waals surface area contributed by atoms with Crippen LogP contribution in [0.15, 0.2) is 46.5 Å². The van der Waals surface area contributed by atoms with E-state index in [1.807, 2.05) is 52.0 Å². The zero-order valence-electron chi connectivity index (χ0n) is 23.0. The van der Waals surface area contributed by atoms with Crippen LogP contribution in [0.5, 0.6) is 11.5 Å². The number of carbonyl (C=O) groups is 2. The summed E-state index contributed by atoms with van der Waals surface area (Å²) in [6, 6.07) is 12.1. The molecule has 2 aliphatic rings. The molecule has 2 aliphatic heterocycles. The molecular weight excluding hydrogens is 500 g/mol. The molecule has 2 aromatic rings. The Bertz CT molecular complexity index is 1290. The topological polar surface area (TPSA) is 83.8 Å². The molecule has 8 nitrogen and oxygen atoms in total. The summed E-state index contributed by atoms with van der Waals surface area (Å²) in [5, 5.41) is 5.31. The maximum absolute atomic E-state index is 12.7. The highest BCUT2D eigenvalue weighted by molar-refractivity contribution is 8.15. The van der Waals surface area contributed by atoms with E-state index < -0.39 is 4.75 Å². The van der Waals surface area contributed by atoms with Crippen LogP contribution in [0.25, 0.3) is 0 Å². The average Bonchev–Trinajstić information content (AvgIpc) is 2.90. The van der Waals surface area contributed by atoms with Crippen LogP contribution in [0.4, 0.5) is 10.5 Å². The Kier molecular flexibility index (Phi) is 8.45. The molecule has 38 heavy (non-hydrogen) atoms. The number of imide groups is 1. The molecule has 0 bridgehead atoms. The third-order valence-corrected chi connectivity index (χ3v) is 7.72. The summed E-state index contributed by atoms with van der Waals surface area (Å²) in [6.45, 7) is 9.36. The van der Waals surface area contributed by atoms with Gasteiger partial charge in [0.15, 0.2) is 0 Å². The SMILES string of the molecule is CCCC(=O)N1N=C(c2ccc3c(c2)CCCN3C(=NCC)c2ccc(OC)cc2OC)C(C)(C)SC1=O. The Balaban J connectivity index is 1.75. The molecule has 9 heteroatoms. The number of thioether (sulfide) groups is 1. The molecule has 4 rings (SSSR count). The van der Waals surface area contributed by atoms with Crippen LogP contribution in [-0.2, 0) is 11.2 Å². The highest BCUT2D eigenvalue weighted by atomic mass is 32.2. The number of amidine groups is 1. The van der Waals surface area contributed by atoms with E-state index >= 15 is 0 Å². The minimum atomic E-state index is -0.562. The van der Waals surface area contributed by atoms with E-state index in [1.165, 1.54) is 5.56 Å². The van der Waals surface area contributed by atoms with Crippen molar-refractivity contribution in [1.82, 2.24) is 5.01 Å². The van der Waals surface area contributed by atoms with E-state index in [4.69, 9.17) is 14.5 Å². The summed E-state index contributed by atoms with van der Waals surface area (Å²) >= 11 is 1.14. The van der Waals surface area contributed by atoms with Gasteiger partial charge in [-0.05, 0) is 87.2 Å². The number of fused-ring (bicyclic) bond motifs is 1. The Morgan fingerprint density at radius 2 is 1.92 bits per heavy atom. The Morgan fingerprint density at radius 1 is 1.13 bits per heavy atom. The Hall–Kier alpha value is -3.33. The van der Waals surface area contributed by atoms with Crippen LogP contribution in [-0.4, -0.2) is 59.8 Å². The number of hydrogen-bond acceptors (Lipinski definition) is 7. The van der Waals surface area contributed by atoms with Gasteiger partial charge in [0, 0.05) is 31.3 Å². The molecule has 0 fully saturated rings. The fraction of sp³-hybridized carbons (Fsp3) is 0.448. The normalized spacial score (nSPS) is 17.2. The molecule has 2 amide bonds. The van der Waals surface area contributed by atoms with Gasteiger partial charge in [0.2, 0.25) is 0 Å². The molecule has 0 aliphatic carbocycles. The molecule has 0 spiro atoms. The highest BCUT2D eigenvalue weighted by Gasteiger charge is 2.40. The van der Waals surface area contributed by atoms with Crippen LogP contribution in [0.2, 0.25) is 0 Å². The van der Waals surface area contributed by atoms with E-state index in [0.29, 0.717) is 18.7 Å². The van der Waals surface area contributed by atoms with Crippen molar-refractivity contribution < 1.29 is 19.1 Å². The van der Waals surface area contributed by atoms with Crippen molar-refractivity contribution in [3.8, 4) is 11.5 Å². The van der Waals surface area contributed by atoms with Gasteiger partial charge >= 0.3 is 5.24 Å². The molecule has 2 heterocycles. The van der Waals surface area contributed by atoms with Gasteiger partial charge < -0.3 is 14.4 Å². The van der Waals surface area contributed by atoms with E-state index in [9.17, 15) is 9.59 Å². The lowest BCUT2D eigenvalue weighted by Crippen LogP contribution is -2.43. The Morgan fingerprint density at radius 3 is 2.61 bits per heavy atom. The summed E-state index contributed by atoms with van der Waals surface area (Å²) in [7, 11) is 3.29. The standard InChI is InChI=1S/C29H36N4O4S/c1-7-10-25(34)33-28(35)38-29(3,4)26(31-33)20-12-15-23-19(17-20)11-9-16-32(23)27(30-8-2)22-14-13-21(36-5)18-24(22)37-6/h12-15,17-18H,7-11,16H2,1-6H3. The average molecular weight is 537 g/mol. The molecule has 0 aromatic heterocycles. The fourth-order valence-electron chi connectivity index (χ4n) is 4.87. The number of anilines is 1. The summed E-state index contributed by atoms with van der Waals surface area (Å²) < 4.78 is 10.5. The minimum absolute atomic E-state index is 0.268. The molecule has 0 atom stereocenters. The van der Waals surface area contributed by atoms with E-state index in [1.54, 1.807) is 14.2 Å². The number of carbonyl (C=O) groups excluding carboxylic acids is 2. The third kappa shape index (κ3) is 5.43. The first-order valence-electron chi connectivity index (χ1n) is 13.1. The molecule has 202 valence electrons. The molecule has 0 N–H and O–H groups in total. The quantitative estimate of drug-likeness (QED) is 0.324. The number of aliphatic imine (C=N–C) groups is 1. The second-order valence-corrected chi connectivity index (χ2v) is 11.3. The van der Waals surface area contributed by atoms with Crippen LogP contribution in [0.3, 0.4) is 0 Å². The van der Waals surface area contributed by atoms with Gasteiger partial charge in [-0.1, -0.05) is 13.0 Å². The molecule has 0 saturated carbocycles. The molecule has 2 aromatic carbocycles. The predicted octanol–water partition coefficient (Wildman–Crippen LogP) is 5.90. The van der Waals surface area contributed by atoms with Crippen molar-refractivity contribution in [3.05, 3.63) is 53.1 Å². The maximum Gasteiger partial charge on any atom is 0.309 e. The summed E-state index contributed by atoms with van der Waals surface area (Å²) in [5.41, 5.74) is 4.82. The van der Waals surface area contributed by atoms with Crippen molar-refractivity contribution in [2.75, 3.05) is 32.2 Å². The number of hydrogen-bond donors (Lipinski definition) is 0. The largest absolute Gasteiger partial charge is 0.497 e. The summed E-state index contributed by atoms with van der Waals surface area (Å²) in [6.07, 6.45) is 2.83. The lowest BCUT2D eigenvalue weighted by Gasteiger charge is -2.35. The van der Waals surface area contributed by atoms with Gasteiger partial charge in [0.1, 0.15) is 17.3 Å². The summed E-state index contributed by atoms with van der Waals surface area (Å²) in [5.74, 6) is 2.02. The van der Waals surface area contributed by atoms with Crippen molar-refractivity contribution in [1.29, 1.82) is 0 Å². The van der Waals surface area contributed by atoms with E-state index in [2.05, 4.69) is 22.1 Å². The lowest BCUT2D eigenvalue weighted by molar-refractivity contribution is -0.127. The van der Waals surface area contributed by atoms with Gasteiger partial charge in [-0.15, -0.1) is 0 Å². The first kappa shape index (κ1) is 27.7. The van der Waals surface area contributed by atoms with Gasteiger partial charge in [-0.2, -0.15) is 10.1 Å². The predicted molar refractivity (Wildman–Crippen MR) is 154 cm³/mol. The van der Waals surface area contributed by atoms with Gasteiger partial charge in [0.05, 0.1) is 30.2 Å². The molecule has 0 saturated heterocycles. The van der Waals surface area contributed by atoms with Crippen molar-refractivity contribution in [3.63, 3.8) is 0 Å². The molecular formula is C29H36N4O4S. The van der Waals surface area contributed by atoms with Crippen LogP contribution in [0, 0.1) is 0 Å². The second-order valence-electron chi connectivity index (χ2n) is 9.75. The number of ether oxygens (including phenoxy) is 2. The van der Waals surface area contributed by atoms with Crippen molar-refractivity contribution >= 4 is 40.1 Å². The third-order valence-electron chi connectivity index (χ3n) is 6.67. The van der Waals surface area contributed by atoms with Crippen molar-refractivity contribution in [2.24, 2.45) is 10.1 Å². The zero-order valence-corrected chi connectivity index (χ0v) is 23.9. The number of benzene rings is 2. The molecule has 0 radical (unpaired) electrons. The van der Waals surface area contributed by atoms with Crippen LogP contribution < -0.4 is 14.4 Å². The number of hydrazone groups is 1. The van der Waals surface area contributed by atoms with Gasteiger partial charge in [-0.25, -0.2) is 0 Å². The smallest absolute Gasteiger partial charge is 0.309 e. The Labute approximate surface area is 229 Å². The van der Waals surface area contributed by atoms with Crippen LogP contribution in [0.1, 0.15) is 63.6 Å². The van der Waals surface area contributed by atoms with Crippen LogP contribution >= 0.6 is 11.8 Å². The molecule has 0 unspecified atom stereocenters. The highest BCUT2D eigenvalue weighted by Crippen LogP contribution is 2.38. The van der Waals surface area contributed by atoms with E-state index in [-0.39, 0.29) is 17.6 Å². The van der Waals surface area contributed by atoms with Gasteiger partial charge in [-0.3, -0.25) is 14.6 Å². The summed E-state index contributed by atoms with van der Waals surface area (Å²) in [4.78, 5) is 32.4. The zero-order chi connectivity index (χ0) is 27.4. The maximum atomic E-state index is 12.7. The monoisotopic (exact) mass is 536 g/mol. The first-order chi connectivity index (χ1) is 18.2. The number of nitrogens with zero attached hydrogens (tertiary/aromatic N) is 4. The van der Waals surface area contributed by atoms with E-state index in [0.717, 1.165) is 70.3 Å². The minimum Gasteiger partial charge on any atom is -0.497 e. The number of rotatable bonds is 7. The number of methoxy groups -OCH3 is 2. The first-order valence-corrected chi connectivity index (χ1v) is 13.9.